The zero-order chi connectivity index (χ0) is 12.0. The Hall–Kier alpha value is -0.830. The van der Waals surface area contributed by atoms with Gasteiger partial charge in [0.2, 0.25) is 0 Å². The molecule has 3 heteroatoms. The van der Waals surface area contributed by atoms with Gasteiger partial charge in [0.15, 0.2) is 0 Å². The predicted octanol–water partition coefficient (Wildman–Crippen LogP) is 3.68. The van der Waals surface area contributed by atoms with Crippen LogP contribution in [0, 0.1) is 6.92 Å². The third kappa shape index (κ3) is 3.97. The molecule has 0 spiro atoms. The first-order chi connectivity index (χ1) is 7.65. The summed E-state index contributed by atoms with van der Waals surface area (Å²) in [5, 5.41) is 2.92. The summed E-state index contributed by atoms with van der Waals surface area (Å²) >= 11 is 3.43. The van der Waals surface area contributed by atoms with Gasteiger partial charge >= 0.3 is 0 Å². The number of amides is 1. The molecule has 0 aliphatic rings. The molecule has 1 aromatic rings. The molecule has 0 aliphatic carbocycles. The van der Waals surface area contributed by atoms with Crippen LogP contribution in [0.5, 0.6) is 0 Å². The average Bonchev–Trinajstić information content (AvgIpc) is 2.28. The molecule has 16 heavy (non-hydrogen) atoms. The van der Waals surface area contributed by atoms with Crippen LogP contribution in [0.2, 0.25) is 0 Å². The molecule has 0 saturated carbocycles. The zero-order valence-corrected chi connectivity index (χ0v) is 11.4. The van der Waals surface area contributed by atoms with Gasteiger partial charge in [-0.25, -0.2) is 0 Å². The summed E-state index contributed by atoms with van der Waals surface area (Å²) in [4.78, 5) is 11.7. The zero-order valence-electron chi connectivity index (χ0n) is 9.85. The van der Waals surface area contributed by atoms with Crippen LogP contribution in [-0.2, 0) is 0 Å². The molecule has 1 aromatic carbocycles. The summed E-state index contributed by atoms with van der Waals surface area (Å²) in [6.45, 7) is 4.92. The number of halogens is 1. The van der Waals surface area contributed by atoms with E-state index in [2.05, 4.69) is 28.2 Å². The molecule has 1 N–H and O–H groups in total. The second kappa shape index (κ2) is 6.69. The Labute approximate surface area is 106 Å². The number of benzene rings is 1. The Morgan fingerprint density at radius 2 is 2.12 bits per heavy atom. The Morgan fingerprint density at radius 1 is 1.38 bits per heavy atom. The van der Waals surface area contributed by atoms with E-state index in [0.717, 1.165) is 29.4 Å². The Balaban J connectivity index is 2.50. The molecule has 0 atom stereocenters. The van der Waals surface area contributed by atoms with Crippen molar-refractivity contribution in [3.8, 4) is 0 Å². The maximum absolute atomic E-state index is 11.7. The maximum Gasteiger partial charge on any atom is 0.251 e. The quantitative estimate of drug-likeness (QED) is 0.821. The molecular formula is C13H18BrNO. The van der Waals surface area contributed by atoms with Crippen molar-refractivity contribution in [3.05, 3.63) is 33.8 Å². The van der Waals surface area contributed by atoms with Gasteiger partial charge in [0.25, 0.3) is 5.91 Å². The number of carbonyl (C=O) groups excluding carboxylic acids is 1. The second-order valence-corrected chi connectivity index (χ2v) is 4.78. The molecule has 88 valence electrons. The first-order valence-electron chi connectivity index (χ1n) is 5.69. The highest BCUT2D eigenvalue weighted by Crippen LogP contribution is 2.17. The summed E-state index contributed by atoms with van der Waals surface area (Å²) in [5.74, 6) is 0.0109. The van der Waals surface area contributed by atoms with E-state index in [-0.39, 0.29) is 5.91 Å². The Kier molecular flexibility index (Phi) is 5.53. The van der Waals surface area contributed by atoms with Crippen molar-refractivity contribution in [2.45, 2.75) is 33.1 Å². The van der Waals surface area contributed by atoms with Crippen LogP contribution < -0.4 is 5.32 Å². The molecule has 0 unspecified atom stereocenters. The van der Waals surface area contributed by atoms with E-state index in [9.17, 15) is 4.79 Å². The van der Waals surface area contributed by atoms with Crippen LogP contribution in [-0.4, -0.2) is 12.5 Å². The topological polar surface area (TPSA) is 29.1 Å². The van der Waals surface area contributed by atoms with Crippen LogP contribution >= 0.6 is 15.9 Å². The molecule has 0 aliphatic heterocycles. The van der Waals surface area contributed by atoms with E-state index in [1.54, 1.807) is 0 Å². The number of nitrogens with one attached hydrogen (secondary N) is 1. The first-order valence-corrected chi connectivity index (χ1v) is 6.48. The minimum atomic E-state index is 0.0109. The van der Waals surface area contributed by atoms with Crippen molar-refractivity contribution in [2.75, 3.05) is 6.54 Å². The highest BCUT2D eigenvalue weighted by atomic mass is 79.9. The van der Waals surface area contributed by atoms with E-state index in [0.29, 0.717) is 5.56 Å². The summed E-state index contributed by atoms with van der Waals surface area (Å²) in [7, 11) is 0. The summed E-state index contributed by atoms with van der Waals surface area (Å²) in [6, 6.07) is 5.67. The number of carbonyl (C=O) groups is 1. The molecule has 2 nitrogen and oxygen atoms in total. The molecular weight excluding hydrogens is 266 g/mol. The standard InChI is InChI=1S/C13H18BrNO/c1-3-4-5-8-15-13(16)11-7-6-10(2)12(14)9-11/h6-7,9H,3-5,8H2,1-2H3,(H,15,16). The van der Waals surface area contributed by atoms with Gasteiger partial charge in [-0.3, -0.25) is 4.79 Å². The van der Waals surface area contributed by atoms with Crippen molar-refractivity contribution < 1.29 is 4.79 Å². The lowest BCUT2D eigenvalue weighted by Gasteiger charge is -2.06. The van der Waals surface area contributed by atoms with E-state index < -0.39 is 0 Å². The number of rotatable bonds is 5. The van der Waals surface area contributed by atoms with Crippen LogP contribution in [0.1, 0.15) is 42.1 Å². The average molecular weight is 284 g/mol. The van der Waals surface area contributed by atoms with Crippen LogP contribution in [0.3, 0.4) is 0 Å². The van der Waals surface area contributed by atoms with E-state index in [4.69, 9.17) is 0 Å². The van der Waals surface area contributed by atoms with Gasteiger partial charge in [0, 0.05) is 16.6 Å². The molecule has 1 rings (SSSR count). The minimum Gasteiger partial charge on any atom is -0.352 e. The van der Waals surface area contributed by atoms with Gasteiger partial charge in [0.1, 0.15) is 0 Å². The molecule has 0 aromatic heterocycles. The molecule has 0 fully saturated rings. The number of aryl methyl sites for hydroxylation is 1. The molecule has 0 heterocycles. The Morgan fingerprint density at radius 3 is 2.75 bits per heavy atom. The van der Waals surface area contributed by atoms with Gasteiger partial charge in [-0.05, 0) is 31.0 Å². The lowest BCUT2D eigenvalue weighted by atomic mass is 10.1. The van der Waals surface area contributed by atoms with Gasteiger partial charge in [-0.2, -0.15) is 0 Å². The third-order valence-electron chi connectivity index (χ3n) is 2.50. The van der Waals surface area contributed by atoms with E-state index in [1.807, 2.05) is 25.1 Å². The molecule has 0 bridgehead atoms. The van der Waals surface area contributed by atoms with Crippen LogP contribution in [0.15, 0.2) is 22.7 Å². The highest BCUT2D eigenvalue weighted by molar-refractivity contribution is 9.10. The van der Waals surface area contributed by atoms with E-state index in [1.165, 1.54) is 6.42 Å². The van der Waals surface area contributed by atoms with Crippen molar-refractivity contribution >= 4 is 21.8 Å². The number of hydrogen-bond donors (Lipinski definition) is 1. The number of unbranched alkanes of at least 4 members (excludes halogenated alkanes) is 2. The van der Waals surface area contributed by atoms with Crippen molar-refractivity contribution in [2.24, 2.45) is 0 Å². The maximum atomic E-state index is 11.7. The number of hydrogen-bond acceptors (Lipinski definition) is 1. The second-order valence-electron chi connectivity index (χ2n) is 3.93. The SMILES string of the molecule is CCCCCNC(=O)c1ccc(C)c(Br)c1. The molecule has 0 saturated heterocycles. The van der Waals surface area contributed by atoms with Crippen molar-refractivity contribution in [1.82, 2.24) is 5.32 Å². The minimum absolute atomic E-state index is 0.0109. The first kappa shape index (κ1) is 13.2. The lowest BCUT2D eigenvalue weighted by Crippen LogP contribution is -2.24. The van der Waals surface area contributed by atoms with Gasteiger partial charge in [-0.1, -0.05) is 41.8 Å². The predicted molar refractivity (Wildman–Crippen MR) is 70.7 cm³/mol. The van der Waals surface area contributed by atoms with Gasteiger partial charge < -0.3 is 5.32 Å². The largest absolute Gasteiger partial charge is 0.352 e. The van der Waals surface area contributed by atoms with Crippen LogP contribution in [0.25, 0.3) is 0 Å². The summed E-state index contributed by atoms with van der Waals surface area (Å²) in [6.07, 6.45) is 3.39. The fourth-order valence-corrected chi connectivity index (χ4v) is 1.79. The summed E-state index contributed by atoms with van der Waals surface area (Å²) < 4.78 is 0.980. The van der Waals surface area contributed by atoms with Crippen molar-refractivity contribution in [3.63, 3.8) is 0 Å². The van der Waals surface area contributed by atoms with Gasteiger partial charge in [0.05, 0.1) is 0 Å². The summed E-state index contributed by atoms with van der Waals surface area (Å²) in [5.41, 5.74) is 1.86. The van der Waals surface area contributed by atoms with Crippen molar-refractivity contribution in [1.29, 1.82) is 0 Å². The Bertz CT molecular complexity index is 363. The fraction of sp³-hybridized carbons (Fsp3) is 0.462. The molecule has 1 amide bonds. The van der Waals surface area contributed by atoms with Crippen LogP contribution in [0.4, 0.5) is 0 Å². The normalized spacial score (nSPS) is 10.2. The highest BCUT2D eigenvalue weighted by Gasteiger charge is 2.05. The van der Waals surface area contributed by atoms with Gasteiger partial charge in [-0.15, -0.1) is 0 Å². The third-order valence-corrected chi connectivity index (χ3v) is 3.35. The monoisotopic (exact) mass is 283 g/mol. The lowest BCUT2D eigenvalue weighted by molar-refractivity contribution is 0.0953. The van der Waals surface area contributed by atoms with E-state index >= 15 is 0 Å². The smallest absolute Gasteiger partial charge is 0.251 e. The molecule has 0 radical (unpaired) electrons. The fourth-order valence-electron chi connectivity index (χ4n) is 1.41.